The normalized spacial score (nSPS) is 10.3. The summed E-state index contributed by atoms with van der Waals surface area (Å²) in [6, 6.07) is -0.380. The van der Waals surface area contributed by atoms with E-state index in [9.17, 15) is 14.7 Å². The minimum atomic E-state index is -1.09. The number of aromatic nitrogens is 1. The fourth-order valence-corrected chi connectivity index (χ4v) is 3.35. The first-order chi connectivity index (χ1) is 9.47. The Bertz CT molecular complexity index is 479. The molecule has 6 nitrogen and oxygen atoms in total. The number of urea groups is 1. The zero-order valence-electron chi connectivity index (χ0n) is 11.2. The number of carboxylic acid groups (broad SMARTS) is 1. The Morgan fingerprint density at radius 3 is 2.70 bits per heavy atom. The molecule has 112 valence electrons. The molecule has 0 atom stereocenters. The molecule has 1 aromatic rings. The number of aromatic carboxylic acids is 1. The van der Waals surface area contributed by atoms with Crippen molar-refractivity contribution in [2.45, 2.75) is 17.9 Å². The molecule has 0 aromatic carbocycles. The summed E-state index contributed by atoms with van der Waals surface area (Å²) in [6.45, 7) is 0. The van der Waals surface area contributed by atoms with Gasteiger partial charge in [0.25, 0.3) is 0 Å². The zero-order valence-corrected chi connectivity index (χ0v) is 13.6. The third-order valence-corrected chi connectivity index (χ3v) is 4.48. The number of amides is 2. The van der Waals surface area contributed by atoms with Crippen molar-refractivity contribution in [1.29, 1.82) is 0 Å². The van der Waals surface area contributed by atoms with Gasteiger partial charge in [0.15, 0.2) is 0 Å². The number of rotatable bonds is 7. The Morgan fingerprint density at radius 1 is 1.45 bits per heavy atom. The summed E-state index contributed by atoms with van der Waals surface area (Å²) in [6.07, 6.45) is 1.77. The molecule has 0 radical (unpaired) electrons. The lowest BCUT2D eigenvalue weighted by molar-refractivity contribution is 0.0694. The summed E-state index contributed by atoms with van der Waals surface area (Å²) in [5.74, 6) is 0.249. The van der Waals surface area contributed by atoms with Gasteiger partial charge in [0.2, 0.25) is 0 Å². The van der Waals surface area contributed by atoms with E-state index in [0.717, 1.165) is 30.1 Å². The van der Waals surface area contributed by atoms with Crippen molar-refractivity contribution in [2.75, 3.05) is 31.0 Å². The first kappa shape index (κ1) is 17.1. The lowest BCUT2D eigenvalue weighted by Gasteiger charge is -2.10. The second-order valence-corrected chi connectivity index (χ2v) is 6.30. The Labute approximate surface area is 130 Å². The molecule has 2 N–H and O–H groups in total. The SMILES string of the molecule is CN(C)C(=O)Nc1snc(SCCCCCl)c1C(=O)O. The molecule has 0 saturated carbocycles. The topological polar surface area (TPSA) is 82.5 Å². The molecule has 0 saturated heterocycles. The molecule has 0 aliphatic heterocycles. The van der Waals surface area contributed by atoms with E-state index >= 15 is 0 Å². The highest BCUT2D eigenvalue weighted by Gasteiger charge is 2.22. The molecule has 0 fully saturated rings. The van der Waals surface area contributed by atoms with Gasteiger partial charge in [-0.25, -0.2) is 9.59 Å². The van der Waals surface area contributed by atoms with Crippen LogP contribution in [0.3, 0.4) is 0 Å². The van der Waals surface area contributed by atoms with E-state index in [1.807, 2.05) is 0 Å². The van der Waals surface area contributed by atoms with Crippen LogP contribution in [-0.4, -0.2) is 52.1 Å². The van der Waals surface area contributed by atoms with Crippen LogP contribution < -0.4 is 5.32 Å². The van der Waals surface area contributed by atoms with Crippen molar-refractivity contribution in [1.82, 2.24) is 9.27 Å². The molecule has 20 heavy (non-hydrogen) atoms. The van der Waals surface area contributed by atoms with Crippen LogP contribution in [0.2, 0.25) is 0 Å². The van der Waals surface area contributed by atoms with E-state index in [-0.39, 0.29) is 16.6 Å². The molecule has 1 aromatic heterocycles. The molecular formula is C11H16ClN3O3S2. The summed E-state index contributed by atoms with van der Waals surface area (Å²) in [4.78, 5) is 24.2. The number of hydrogen-bond acceptors (Lipinski definition) is 5. The Kier molecular flexibility index (Phi) is 7.11. The predicted molar refractivity (Wildman–Crippen MR) is 82.5 cm³/mol. The van der Waals surface area contributed by atoms with Gasteiger partial charge in [-0.15, -0.1) is 23.4 Å². The number of alkyl halides is 1. The van der Waals surface area contributed by atoms with Gasteiger partial charge in [-0.2, -0.15) is 4.37 Å². The number of carbonyl (C=O) groups is 2. The number of hydrogen-bond donors (Lipinski definition) is 2. The third kappa shape index (κ3) is 4.84. The number of anilines is 1. The molecular weight excluding hydrogens is 322 g/mol. The Hall–Kier alpha value is -0.990. The summed E-state index contributed by atoms with van der Waals surface area (Å²) < 4.78 is 4.10. The first-order valence-corrected chi connectivity index (χ1v) is 8.16. The van der Waals surface area contributed by atoms with Crippen LogP contribution in [0.4, 0.5) is 9.80 Å². The highest BCUT2D eigenvalue weighted by molar-refractivity contribution is 7.99. The number of carboxylic acids is 1. The molecule has 0 bridgehead atoms. The monoisotopic (exact) mass is 337 g/mol. The van der Waals surface area contributed by atoms with E-state index in [2.05, 4.69) is 9.69 Å². The molecule has 0 spiro atoms. The Morgan fingerprint density at radius 2 is 2.15 bits per heavy atom. The Balaban J connectivity index is 2.79. The van der Waals surface area contributed by atoms with E-state index in [4.69, 9.17) is 11.6 Å². The van der Waals surface area contributed by atoms with Crippen LogP contribution in [-0.2, 0) is 0 Å². The van der Waals surface area contributed by atoms with Gasteiger partial charge in [0.05, 0.1) is 0 Å². The van der Waals surface area contributed by atoms with Crippen molar-refractivity contribution >= 4 is 51.9 Å². The molecule has 0 aliphatic carbocycles. The summed E-state index contributed by atoms with van der Waals surface area (Å²) in [5.41, 5.74) is 0.0565. The van der Waals surface area contributed by atoms with Crippen LogP contribution in [0, 0.1) is 0 Å². The maximum absolute atomic E-state index is 11.6. The van der Waals surface area contributed by atoms with Crippen LogP contribution in [0.15, 0.2) is 5.03 Å². The number of nitrogens with one attached hydrogen (secondary N) is 1. The molecule has 0 aliphatic rings. The predicted octanol–water partition coefficient (Wildman–Crippen LogP) is 3.05. The highest BCUT2D eigenvalue weighted by atomic mass is 35.5. The highest BCUT2D eigenvalue weighted by Crippen LogP contribution is 2.32. The van der Waals surface area contributed by atoms with E-state index in [1.54, 1.807) is 14.1 Å². The van der Waals surface area contributed by atoms with Gasteiger partial charge in [0, 0.05) is 20.0 Å². The number of halogens is 1. The van der Waals surface area contributed by atoms with Gasteiger partial charge in [0.1, 0.15) is 15.6 Å². The maximum atomic E-state index is 11.6. The fraction of sp³-hybridized carbons (Fsp3) is 0.545. The molecule has 0 unspecified atom stereocenters. The smallest absolute Gasteiger partial charge is 0.341 e. The van der Waals surface area contributed by atoms with Crippen LogP contribution in [0.5, 0.6) is 0 Å². The third-order valence-electron chi connectivity index (χ3n) is 2.27. The molecule has 1 rings (SSSR count). The van der Waals surface area contributed by atoms with Gasteiger partial charge >= 0.3 is 12.0 Å². The second-order valence-electron chi connectivity index (χ2n) is 4.07. The van der Waals surface area contributed by atoms with Crippen molar-refractivity contribution in [3.8, 4) is 0 Å². The minimum absolute atomic E-state index is 0.0565. The van der Waals surface area contributed by atoms with E-state index in [0.29, 0.717) is 10.9 Å². The molecule has 9 heteroatoms. The van der Waals surface area contributed by atoms with Crippen molar-refractivity contribution in [3.63, 3.8) is 0 Å². The van der Waals surface area contributed by atoms with Crippen LogP contribution >= 0.6 is 34.9 Å². The standard InChI is InChI=1S/C11H16ClN3O3S2/c1-15(2)11(18)13-8-7(10(16)17)9(14-20-8)19-6-4-3-5-12/h3-6H2,1-2H3,(H,13,18)(H,16,17). The maximum Gasteiger partial charge on any atom is 0.341 e. The van der Waals surface area contributed by atoms with Gasteiger partial charge in [-0.05, 0) is 30.1 Å². The average molecular weight is 338 g/mol. The summed E-state index contributed by atoms with van der Waals surface area (Å²) in [7, 11) is 3.16. The van der Waals surface area contributed by atoms with Gasteiger partial charge in [-0.1, -0.05) is 0 Å². The van der Waals surface area contributed by atoms with E-state index < -0.39 is 5.97 Å². The molecule has 1 heterocycles. The summed E-state index contributed by atoms with van der Waals surface area (Å²) >= 11 is 7.93. The summed E-state index contributed by atoms with van der Waals surface area (Å²) in [5, 5.41) is 12.5. The van der Waals surface area contributed by atoms with Gasteiger partial charge in [-0.3, -0.25) is 5.32 Å². The van der Waals surface area contributed by atoms with Crippen molar-refractivity contribution in [2.24, 2.45) is 0 Å². The average Bonchev–Trinajstić information content (AvgIpc) is 2.77. The molecule has 2 amide bonds. The lowest BCUT2D eigenvalue weighted by Crippen LogP contribution is -2.27. The van der Waals surface area contributed by atoms with Crippen molar-refractivity contribution in [3.05, 3.63) is 5.56 Å². The number of nitrogens with zero attached hydrogens (tertiary/aromatic N) is 2. The number of unbranched alkanes of at least 4 members (excludes halogenated alkanes) is 1. The van der Waals surface area contributed by atoms with Crippen LogP contribution in [0.1, 0.15) is 23.2 Å². The minimum Gasteiger partial charge on any atom is -0.477 e. The lowest BCUT2D eigenvalue weighted by atomic mass is 10.3. The second kappa shape index (κ2) is 8.33. The van der Waals surface area contributed by atoms with Crippen molar-refractivity contribution < 1.29 is 14.7 Å². The zero-order chi connectivity index (χ0) is 15.1. The van der Waals surface area contributed by atoms with E-state index in [1.165, 1.54) is 16.7 Å². The first-order valence-electron chi connectivity index (χ1n) is 5.87. The quantitative estimate of drug-likeness (QED) is 0.454. The number of carbonyl (C=O) groups excluding carboxylic acids is 1. The number of thioether (sulfide) groups is 1. The van der Waals surface area contributed by atoms with Gasteiger partial charge < -0.3 is 10.0 Å². The fourth-order valence-electron chi connectivity index (χ4n) is 1.22. The van der Waals surface area contributed by atoms with Crippen LogP contribution in [0.25, 0.3) is 0 Å². The largest absolute Gasteiger partial charge is 0.477 e.